The van der Waals surface area contributed by atoms with Crippen LogP contribution in [0, 0.1) is 13.8 Å². The van der Waals surface area contributed by atoms with Gasteiger partial charge in [0.1, 0.15) is 17.8 Å². The van der Waals surface area contributed by atoms with Gasteiger partial charge in [0.05, 0.1) is 6.54 Å². The standard InChI is InChI=1S/C22H30N6O/c1-4-23-22(25-11-5-6-13-28-14-12-24-18(28)3)26-15-20-16-29-21(27-20)19-9-7-17(2)8-10-19/h7-10,12,14,16H,4-6,11,13,15H2,1-3H3,(H2,23,25,26). The number of rotatable bonds is 9. The third-order valence-electron chi connectivity index (χ3n) is 4.64. The van der Waals surface area contributed by atoms with E-state index < -0.39 is 0 Å². The summed E-state index contributed by atoms with van der Waals surface area (Å²) in [6.45, 7) is 9.29. The first-order chi connectivity index (χ1) is 14.2. The quantitative estimate of drug-likeness (QED) is 0.329. The minimum Gasteiger partial charge on any atom is -0.444 e. The summed E-state index contributed by atoms with van der Waals surface area (Å²) in [5, 5.41) is 6.66. The fraction of sp³-hybridized carbons (Fsp3) is 0.409. The lowest BCUT2D eigenvalue weighted by Crippen LogP contribution is -2.37. The van der Waals surface area contributed by atoms with Crippen LogP contribution < -0.4 is 10.6 Å². The number of nitrogens with zero attached hydrogens (tertiary/aromatic N) is 4. The van der Waals surface area contributed by atoms with E-state index in [2.05, 4.69) is 56.1 Å². The lowest BCUT2D eigenvalue weighted by molar-refractivity contribution is 0.572. The second-order valence-electron chi connectivity index (χ2n) is 7.01. The van der Waals surface area contributed by atoms with Gasteiger partial charge in [0.2, 0.25) is 5.89 Å². The van der Waals surface area contributed by atoms with Crippen LogP contribution in [-0.2, 0) is 13.1 Å². The van der Waals surface area contributed by atoms with E-state index in [-0.39, 0.29) is 0 Å². The topological polar surface area (TPSA) is 80.3 Å². The molecule has 154 valence electrons. The van der Waals surface area contributed by atoms with Crippen molar-refractivity contribution in [2.45, 2.75) is 46.7 Å². The van der Waals surface area contributed by atoms with Gasteiger partial charge in [-0.2, -0.15) is 0 Å². The van der Waals surface area contributed by atoms with Gasteiger partial charge in [-0.15, -0.1) is 0 Å². The van der Waals surface area contributed by atoms with E-state index in [4.69, 9.17) is 4.42 Å². The molecule has 0 bridgehead atoms. The van der Waals surface area contributed by atoms with Crippen molar-refractivity contribution in [2.75, 3.05) is 13.1 Å². The number of guanidine groups is 1. The predicted octanol–water partition coefficient (Wildman–Crippen LogP) is 3.69. The highest BCUT2D eigenvalue weighted by Crippen LogP contribution is 2.19. The highest BCUT2D eigenvalue weighted by molar-refractivity contribution is 5.79. The Kier molecular flexibility index (Phi) is 7.44. The molecule has 0 fully saturated rings. The Balaban J connectivity index is 1.47. The summed E-state index contributed by atoms with van der Waals surface area (Å²) in [4.78, 5) is 13.4. The Labute approximate surface area is 172 Å². The minimum absolute atomic E-state index is 0.471. The van der Waals surface area contributed by atoms with E-state index in [1.165, 1.54) is 5.56 Å². The maximum absolute atomic E-state index is 5.61. The van der Waals surface area contributed by atoms with Crippen LogP contribution in [0.1, 0.15) is 36.8 Å². The zero-order valence-corrected chi connectivity index (χ0v) is 17.5. The van der Waals surface area contributed by atoms with Gasteiger partial charge in [0, 0.05) is 37.6 Å². The maximum atomic E-state index is 5.61. The van der Waals surface area contributed by atoms with Crippen molar-refractivity contribution in [3.8, 4) is 11.5 Å². The van der Waals surface area contributed by atoms with Crippen molar-refractivity contribution >= 4 is 5.96 Å². The Hall–Kier alpha value is -3.09. The summed E-state index contributed by atoms with van der Waals surface area (Å²) in [7, 11) is 0. The normalized spacial score (nSPS) is 11.6. The van der Waals surface area contributed by atoms with E-state index in [9.17, 15) is 0 Å². The van der Waals surface area contributed by atoms with Gasteiger partial charge < -0.3 is 19.6 Å². The summed E-state index contributed by atoms with van der Waals surface area (Å²) >= 11 is 0. The number of imidazole rings is 1. The van der Waals surface area contributed by atoms with Crippen molar-refractivity contribution in [1.29, 1.82) is 0 Å². The smallest absolute Gasteiger partial charge is 0.226 e. The van der Waals surface area contributed by atoms with Crippen LogP contribution in [0.15, 0.2) is 52.3 Å². The molecule has 7 nitrogen and oxygen atoms in total. The van der Waals surface area contributed by atoms with Crippen LogP contribution in [0.5, 0.6) is 0 Å². The fourth-order valence-corrected chi connectivity index (χ4v) is 2.96. The van der Waals surface area contributed by atoms with Crippen LogP contribution >= 0.6 is 0 Å². The summed E-state index contributed by atoms with van der Waals surface area (Å²) in [6.07, 6.45) is 7.70. The van der Waals surface area contributed by atoms with Gasteiger partial charge in [0.15, 0.2) is 5.96 Å². The molecule has 3 rings (SSSR count). The van der Waals surface area contributed by atoms with Gasteiger partial charge >= 0.3 is 0 Å². The van der Waals surface area contributed by atoms with Crippen LogP contribution in [0.4, 0.5) is 0 Å². The van der Waals surface area contributed by atoms with Crippen molar-refractivity contribution in [3.63, 3.8) is 0 Å². The van der Waals surface area contributed by atoms with Gasteiger partial charge in [0.25, 0.3) is 0 Å². The third-order valence-corrected chi connectivity index (χ3v) is 4.64. The summed E-state index contributed by atoms with van der Waals surface area (Å²) in [5.74, 6) is 2.49. The molecule has 2 heterocycles. The molecule has 0 aliphatic rings. The zero-order valence-electron chi connectivity index (χ0n) is 17.5. The highest BCUT2D eigenvalue weighted by atomic mass is 16.3. The summed E-state index contributed by atoms with van der Waals surface area (Å²) in [6, 6.07) is 8.15. The minimum atomic E-state index is 0.471. The van der Waals surface area contributed by atoms with E-state index in [1.807, 2.05) is 31.5 Å². The molecule has 0 aliphatic carbocycles. The molecule has 0 spiro atoms. The predicted molar refractivity (Wildman–Crippen MR) is 116 cm³/mol. The average molecular weight is 395 g/mol. The molecule has 7 heteroatoms. The molecular formula is C22H30N6O. The first-order valence-electron chi connectivity index (χ1n) is 10.2. The highest BCUT2D eigenvalue weighted by Gasteiger charge is 2.07. The molecule has 0 radical (unpaired) electrons. The molecule has 0 saturated heterocycles. The average Bonchev–Trinajstić information content (AvgIpc) is 3.35. The van der Waals surface area contributed by atoms with Crippen molar-refractivity contribution in [3.05, 3.63) is 60.0 Å². The van der Waals surface area contributed by atoms with Gasteiger partial charge in [-0.3, -0.25) is 0 Å². The number of hydrogen-bond donors (Lipinski definition) is 2. The van der Waals surface area contributed by atoms with E-state index >= 15 is 0 Å². The second kappa shape index (κ2) is 10.5. The van der Waals surface area contributed by atoms with Gasteiger partial charge in [-0.1, -0.05) is 17.7 Å². The summed E-state index contributed by atoms with van der Waals surface area (Å²) < 4.78 is 7.79. The molecule has 2 aromatic heterocycles. The lowest BCUT2D eigenvalue weighted by Gasteiger charge is -2.11. The molecule has 0 unspecified atom stereocenters. The molecule has 1 aromatic carbocycles. The number of hydrogen-bond acceptors (Lipinski definition) is 4. The Bertz CT molecular complexity index is 910. The van der Waals surface area contributed by atoms with Crippen LogP contribution in [0.3, 0.4) is 0 Å². The van der Waals surface area contributed by atoms with Crippen LogP contribution in [0.25, 0.3) is 11.5 Å². The van der Waals surface area contributed by atoms with E-state index in [1.54, 1.807) is 6.26 Å². The first kappa shape index (κ1) is 20.6. The number of unbranched alkanes of at least 4 members (excludes halogenated alkanes) is 1. The number of aliphatic imine (C=N–C) groups is 1. The van der Waals surface area contributed by atoms with Gasteiger partial charge in [-0.05, 0) is 45.7 Å². The molecule has 3 aromatic rings. The number of aromatic nitrogens is 3. The molecule has 29 heavy (non-hydrogen) atoms. The molecule has 0 saturated carbocycles. The van der Waals surface area contributed by atoms with Crippen molar-refractivity contribution in [2.24, 2.45) is 4.99 Å². The SMILES string of the molecule is CCNC(=NCc1coc(-c2ccc(C)cc2)n1)NCCCCn1ccnc1C. The number of oxazole rings is 1. The first-order valence-corrected chi connectivity index (χ1v) is 10.2. The van der Waals surface area contributed by atoms with E-state index in [0.717, 1.165) is 55.5 Å². The molecule has 2 N–H and O–H groups in total. The Morgan fingerprint density at radius 3 is 2.69 bits per heavy atom. The Morgan fingerprint density at radius 1 is 1.14 bits per heavy atom. The maximum Gasteiger partial charge on any atom is 0.226 e. The largest absolute Gasteiger partial charge is 0.444 e. The van der Waals surface area contributed by atoms with Crippen LogP contribution in [-0.4, -0.2) is 33.6 Å². The van der Waals surface area contributed by atoms with Gasteiger partial charge in [-0.25, -0.2) is 15.0 Å². The lowest BCUT2D eigenvalue weighted by atomic mass is 10.1. The fourth-order valence-electron chi connectivity index (χ4n) is 2.96. The summed E-state index contributed by atoms with van der Waals surface area (Å²) in [5.41, 5.74) is 3.00. The van der Waals surface area contributed by atoms with E-state index in [0.29, 0.717) is 12.4 Å². The zero-order chi connectivity index (χ0) is 20.5. The number of nitrogens with one attached hydrogen (secondary N) is 2. The molecule has 0 atom stereocenters. The van der Waals surface area contributed by atoms with Crippen molar-refractivity contribution in [1.82, 2.24) is 25.2 Å². The Morgan fingerprint density at radius 2 is 1.97 bits per heavy atom. The monoisotopic (exact) mass is 394 g/mol. The third kappa shape index (κ3) is 6.20. The van der Waals surface area contributed by atoms with Crippen molar-refractivity contribution < 1.29 is 4.42 Å². The van der Waals surface area contributed by atoms with Crippen LogP contribution in [0.2, 0.25) is 0 Å². The molecular weight excluding hydrogens is 364 g/mol. The number of aryl methyl sites for hydroxylation is 3. The molecule has 0 amide bonds. The number of benzene rings is 1. The molecule has 0 aliphatic heterocycles. The second-order valence-corrected chi connectivity index (χ2v) is 7.01.